The van der Waals surface area contributed by atoms with Gasteiger partial charge in [-0.25, -0.2) is 0 Å². The van der Waals surface area contributed by atoms with Crippen molar-refractivity contribution >= 4 is 57.7 Å². The predicted molar refractivity (Wildman–Crippen MR) is 143 cm³/mol. The maximum atomic E-state index is 13.1. The van der Waals surface area contributed by atoms with Crippen LogP contribution in [0.25, 0.3) is 6.08 Å². The third-order valence-corrected chi connectivity index (χ3v) is 7.19. The second-order valence-electron chi connectivity index (χ2n) is 7.88. The van der Waals surface area contributed by atoms with Crippen LogP contribution in [0.3, 0.4) is 0 Å². The minimum Gasteiger partial charge on any atom is -0.494 e. The van der Waals surface area contributed by atoms with Gasteiger partial charge in [0.1, 0.15) is 16.0 Å². The number of ether oxygens (including phenoxy) is 1. The molecule has 36 heavy (non-hydrogen) atoms. The molecule has 1 saturated heterocycles. The number of amides is 1. The van der Waals surface area contributed by atoms with Gasteiger partial charge < -0.3 is 9.84 Å². The molecule has 3 rings (SSSR count). The number of pyridine rings is 1. The van der Waals surface area contributed by atoms with Gasteiger partial charge in [-0.05, 0) is 49.6 Å². The third kappa shape index (κ3) is 6.05. The van der Waals surface area contributed by atoms with Crippen molar-refractivity contribution in [2.45, 2.75) is 33.2 Å². The Kier molecular flexibility index (Phi) is 9.45. The Labute approximate surface area is 223 Å². The summed E-state index contributed by atoms with van der Waals surface area (Å²) in [6.07, 6.45) is 1.96. The van der Waals surface area contributed by atoms with Gasteiger partial charge in [-0.2, -0.15) is 5.26 Å². The van der Waals surface area contributed by atoms with Crippen LogP contribution in [-0.2, 0) is 16.1 Å². The number of aromatic nitrogens is 1. The molecule has 2 heterocycles. The van der Waals surface area contributed by atoms with Gasteiger partial charge in [0.05, 0.1) is 10.5 Å². The summed E-state index contributed by atoms with van der Waals surface area (Å²) in [5.41, 5.74) is -0.0789. The number of halogens is 1. The van der Waals surface area contributed by atoms with E-state index in [2.05, 4.69) is 0 Å². The molecule has 1 aromatic heterocycles. The molecule has 1 amide bonds. The van der Waals surface area contributed by atoms with Gasteiger partial charge in [-0.3, -0.25) is 23.9 Å². The first-order valence-corrected chi connectivity index (χ1v) is 12.8. The van der Waals surface area contributed by atoms with Gasteiger partial charge in [-0.15, -0.1) is 0 Å². The van der Waals surface area contributed by atoms with Gasteiger partial charge >= 0.3 is 0 Å². The Balaban J connectivity index is 1.80. The molecular weight excluding hydrogens is 522 g/mol. The molecule has 0 saturated carbocycles. The van der Waals surface area contributed by atoms with E-state index < -0.39 is 17.2 Å². The summed E-state index contributed by atoms with van der Waals surface area (Å²) in [6, 6.07) is 8.83. The van der Waals surface area contributed by atoms with Crippen molar-refractivity contribution in [1.82, 2.24) is 9.47 Å². The van der Waals surface area contributed by atoms with Crippen molar-refractivity contribution in [2.24, 2.45) is 0 Å². The standard InChI is InChI=1S/C25H24ClN3O5S2/c1-3-34-12-4-10-28-22(31)18(14-27)15(2)21(24(28)33)19(30)9-11-29-23(32)20(36-25(29)35)13-16-5-7-17(26)8-6-16/h5-8,13,33H,3-4,9-12H2,1-2H3/b20-13-. The molecule has 2 aromatic rings. The summed E-state index contributed by atoms with van der Waals surface area (Å²) >= 11 is 12.4. The van der Waals surface area contributed by atoms with Crippen molar-refractivity contribution < 1.29 is 19.4 Å². The summed E-state index contributed by atoms with van der Waals surface area (Å²) < 4.78 is 6.60. The molecule has 1 fully saturated rings. The number of thiocarbonyl (C=S) groups is 1. The number of nitriles is 1. The SMILES string of the molecule is CCOCCCn1c(O)c(C(=O)CCN2C(=O)/C(=C/c3ccc(Cl)cc3)SC2=S)c(C)c(C#N)c1=O. The fourth-order valence-corrected chi connectivity index (χ4v) is 5.14. The van der Waals surface area contributed by atoms with Gasteiger partial charge in [0, 0.05) is 37.7 Å². The lowest BCUT2D eigenvalue weighted by molar-refractivity contribution is -0.122. The molecule has 0 unspecified atom stereocenters. The number of carbonyl (C=O) groups excluding carboxylic acids is 2. The number of hydrogen-bond acceptors (Lipinski definition) is 8. The van der Waals surface area contributed by atoms with E-state index in [0.29, 0.717) is 33.9 Å². The van der Waals surface area contributed by atoms with Crippen LogP contribution in [0, 0.1) is 18.3 Å². The normalized spacial score (nSPS) is 14.5. The van der Waals surface area contributed by atoms with E-state index in [1.807, 2.05) is 13.0 Å². The highest BCUT2D eigenvalue weighted by atomic mass is 35.5. The smallest absolute Gasteiger partial charge is 0.271 e. The number of ketones is 1. The molecule has 8 nitrogen and oxygen atoms in total. The number of nitrogens with zero attached hydrogens (tertiary/aromatic N) is 3. The second-order valence-corrected chi connectivity index (χ2v) is 9.99. The maximum absolute atomic E-state index is 13.1. The highest BCUT2D eigenvalue weighted by molar-refractivity contribution is 8.26. The summed E-state index contributed by atoms with van der Waals surface area (Å²) in [5.74, 6) is -1.32. The molecule has 188 valence electrons. The Bertz CT molecular complexity index is 1330. The van der Waals surface area contributed by atoms with E-state index in [9.17, 15) is 24.8 Å². The molecular formula is C25H24ClN3O5S2. The lowest BCUT2D eigenvalue weighted by Crippen LogP contribution is -2.31. The third-order valence-electron chi connectivity index (χ3n) is 5.56. The summed E-state index contributed by atoms with van der Waals surface area (Å²) in [7, 11) is 0. The van der Waals surface area contributed by atoms with E-state index in [1.54, 1.807) is 30.3 Å². The predicted octanol–water partition coefficient (Wildman–Crippen LogP) is 4.29. The Morgan fingerprint density at radius 2 is 1.97 bits per heavy atom. The molecule has 0 aliphatic carbocycles. The molecule has 0 bridgehead atoms. The van der Waals surface area contributed by atoms with Crippen LogP contribution >= 0.6 is 35.6 Å². The zero-order valence-electron chi connectivity index (χ0n) is 19.7. The topological polar surface area (TPSA) is 113 Å². The van der Waals surface area contributed by atoms with E-state index in [1.165, 1.54) is 11.8 Å². The molecule has 0 atom stereocenters. The lowest BCUT2D eigenvalue weighted by atomic mass is 9.99. The average molecular weight is 546 g/mol. The van der Waals surface area contributed by atoms with Crippen molar-refractivity contribution in [3.05, 3.63) is 66.8 Å². The average Bonchev–Trinajstić information content (AvgIpc) is 3.10. The monoisotopic (exact) mass is 545 g/mol. The molecule has 1 aliphatic heterocycles. The van der Waals surface area contributed by atoms with Crippen LogP contribution in [0.15, 0.2) is 34.0 Å². The van der Waals surface area contributed by atoms with Gasteiger partial charge in [-0.1, -0.05) is 47.7 Å². The van der Waals surface area contributed by atoms with Crippen molar-refractivity contribution in [1.29, 1.82) is 5.26 Å². The van der Waals surface area contributed by atoms with Crippen LogP contribution in [-0.4, -0.2) is 50.3 Å². The number of Topliss-reactive ketones (excluding diaryl/α,β-unsaturated/α-hetero) is 1. The summed E-state index contributed by atoms with van der Waals surface area (Å²) in [6.45, 7) is 4.24. The minimum atomic E-state index is -0.662. The molecule has 0 radical (unpaired) electrons. The highest BCUT2D eigenvalue weighted by Crippen LogP contribution is 2.33. The summed E-state index contributed by atoms with van der Waals surface area (Å²) in [5, 5.41) is 20.9. The summed E-state index contributed by atoms with van der Waals surface area (Å²) in [4.78, 5) is 40.5. The second kappa shape index (κ2) is 12.3. The first kappa shape index (κ1) is 27.6. The quantitative estimate of drug-likeness (QED) is 0.204. The van der Waals surface area contributed by atoms with Crippen LogP contribution in [0.5, 0.6) is 5.88 Å². The van der Waals surface area contributed by atoms with E-state index in [0.717, 1.165) is 21.9 Å². The number of aromatic hydroxyl groups is 1. The number of hydrogen-bond donors (Lipinski definition) is 1. The fraction of sp³-hybridized carbons (Fsp3) is 0.320. The zero-order valence-corrected chi connectivity index (χ0v) is 22.1. The van der Waals surface area contributed by atoms with Gasteiger partial charge in [0.15, 0.2) is 5.78 Å². The largest absolute Gasteiger partial charge is 0.494 e. The molecule has 11 heteroatoms. The van der Waals surface area contributed by atoms with Crippen LogP contribution in [0.1, 0.15) is 46.8 Å². The number of benzene rings is 1. The maximum Gasteiger partial charge on any atom is 0.271 e. The molecule has 1 N–H and O–H groups in total. The minimum absolute atomic E-state index is 0.00824. The Hall–Kier alpha value is -2.97. The molecule has 1 aromatic carbocycles. The molecule has 1 aliphatic rings. The first-order valence-electron chi connectivity index (χ1n) is 11.2. The highest BCUT2D eigenvalue weighted by Gasteiger charge is 2.33. The number of rotatable bonds is 10. The van der Waals surface area contributed by atoms with Crippen LogP contribution < -0.4 is 5.56 Å². The van der Waals surface area contributed by atoms with Gasteiger partial charge in [0.25, 0.3) is 11.5 Å². The molecule has 0 spiro atoms. The van der Waals surface area contributed by atoms with E-state index >= 15 is 0 Å². The van der Waals surface area contributed by atoms with Gasteiger partial charge in [0.2, 0.25) is 5.88 Å². The number of thioether (sulfide) groups is 1. The van der Waals surface area contributed by atoms with Crippen molar-refractivity contribution in [3.8, 4) is 11.9 Å². The Morgan fingerprint density at radius 3 is 2.61 bits per heavy atom. The fourth-order valence-electron chi connectivity index (χ4n) is 3.70. The zero-order chi connectivity index (χ0) is 26.4. The Morgan fingerprint density at radius 1 is 1.28 bits per heavy atom. The van der Waals surface area contributed by atoms with Crippen LogP contribution in [0.2, 0.25) is 5.02 Å². The van der Waals surface area contributed by atoms with Crippen molar-refractivity contribution in [2.75, 3.05) is 19.8 Å². The van der Waals surface area contributed by atoms with Crippen molar-refractivity contribution in [3.63, 3.8) is 0 Å². The number of carbonyl (C=O) groups is 2. The van der Waals surface area contributed by atoms with Crippen LogP contribution in [0.4, 0.5) is 0 Å². The van der Waals surface area contributed by atoms with E-state index in [4.69, 9.17) is 28.6 Å². The first-order chi connectivity index (χ1) is 17.2. The van der Waals surface area contributed by atoms with E-state index in [-0.39, 0.29) is 42.1 Å². The lowest BCUT2D eigenvalue weighted by Gasteiger charge is -2.17.